The highest BCUT2D eigenvalue weighted by atomic mass is 16.6. The molecule has 0 fully saturated rings. The van der Waals surface area contributed by atoms with Crippen molar-refractivity contribution in [2.75, 3.05) is 13.1 Å². The topological polar surface area (TPSA) is 103 Å². The number of alkyl carbamates (subject to hydrolysis) is 1. The summed E-state index contributed by atoms with van der Waals surface area (Å²) in [4.78, 5) is 11.6. The number of hydrogen-bond acceptors (Lipinski definition) is 5. The zero-order valence-electron chi connectivity index (χ0n) is 13.8. The lowest BCUT2D eigenvalue weighted by Crippen LogP contribution is -2.36. The van der Waals surface area contributed by atoms with Gasteiger partial charge in [0.1, 0.15) is 17.7 Å². The van der Waals surface area contributed by atoms with Gasteiger partial charge in [-0.1, -0.05) is 0 Å². The Morgan fingerprint density at radius 3 is 2.35 bits per heavy atom. The smallest absolute Gasteiger partial charge is 0.407 e. The molecule has 0 bridgehead atoms. The molecule has 0 unspecified atom stereocenters. The Morgan fingerprint density at radius 2 is 1.87 bits per heavy atom. The zero-order valence-corrected chi connectivity index (χ0v) is 13.8. The quantitative estimate of drug-likeness (QED) is 0.638. The molecular weight excluding hydrogens is 294 g/mol. The molecule has 1 rings (SSSR count). The van der Waals surface area contributed by atoms with E-state index < -0.39 is 11.7 Å². The first kappa shape index (κ1) is 18.1. The third-order valence-corrected chi connectivity index (χ3v) is 2.77. The number of aryl methyl sites for hydroxylation is 1. The molecule has 0 aliphatic carbocycles. The molecule has 7 heteroatoms. The van der Waals surface area contributed by atoms with Crippen LogP contribution < -0.4 is 10.6 Å². The van der Waals surface area contributed by atoms with E-state index in [0.29, 0.717) is 18.8 Å². The highest BCUT2D eigenvalue weighted by Crippen LogP contribution is 2.15. The van der Waals surface area contributed by atoms with Gasteiger partial charge in [-0.25, -0.2) is 4.79 Å². The second kappa shape index (κ2) is 7.90. The van der Waals surface area contributed by atoms with E-state index in [1.165, 1.54) is 0 Å². The molecule has 1 aromatic rings. The van der Waals surface area contributed by atoms with E-state index in [4.69, 9.17) is 15.3 Å². The van der Waals surface area contributed by atoms with Crippen molar-refractivity contribution < 1.29 is 9.53 Å². The number of hydrogen-bond donors (Lipinski definition) is 2. The number of carbonyl (C=O) groups is 1. The standard InChI is InChI=1S/C16H21N5O2/c1-16(2,3)23-15(22)20-8-7-19-14(12(10-17)11-18)13-6-5-9-21(13)4/h5-6,9,19H,7-8H2,1-4H3,(H,20,22). The monoisotopic (exact) mass is 315 g/mol. The summed E-state index contributed by atoms with van der Waals surface area (Å²) in [6.07, 6.45) is 1.31. The number of amides is 1. The van der Waals surface area contributed by atoms with Crippen LogP contribution in [0.1, 0.15) is 26.5 Å². The van der Waals surface area contributed by atoms with Crippen LogP contribution >= 0.6 is 0 Å². The molecule has 0 aliphatic rings. The maximum Gasteiger partial charge on any atom is 0.407 e. The average molecular weight is 315 g/mol. The molecule has 0 aromatic carbocycles. The van der Waals surface area contributed by atoms with Crippen LogP contribution in [0.3, 0.4) is 0 Å². The Bertz CT molecular complexity index is 652. The Kier molecular flexibility index (Phi) is 6.23. The largest absolute Gasteiger partial charge is 0.444 e. The Balaban J connectivity index is 2.67. The number of nitrogens with zero attached hydrogens (tertiary/aromatic N) is 3. The lowest BCUT2D eigenvalue weighted by Gasteiger charge is -2.20. The van der Waals surface area contributed by atoms with Crippen LogP contribution in [0.2, 0.25) is 0 Å². The number of ether oxygens (including phenoxy) is 1. The molecule has 1 aromatic heterocycles. The zero-order chi connectivity index (χ0) is 17.5. The summed E-state index contributed by atoms with van der Waals surface area (Å²) < 4.78 is 6.93. The van der Waals surface area contributed by atoms with Crippen LogP contribution in [0.4, 0.5) is 4.79 Å². The van der Waals surface area contributed by atoms with Crippen LogP contribution in [0.5, 0.6) is 0 Å². The van der Waals surface area contributed by atoms with Crippen molar-refractivity contribution in [2.24, 2.45) is 7.05 Å². The number of aromatic nitrogens is 1. The van der Waals surface area contributed by atoms with Crippen molar-refractivity contribution >= 4 is 11.8 Å². The second-order valence-electron chi connectivity index (χ2n) is 5.83. The summed E-state index contributed by atoms with van der Waals surface area (Å²) in [6.45, 7) is 6.01. The van der Waals surface area contributed by atoms with Gasteiger partial charge in [-0.15, -0.1) is 0 Å². The first-order valence-corrected chi connectivity index (χ1v) is 7.15. The van der Waals surface area contributed by atoms with Crippen LogP contribution in [-0.2, 0) is 11.8 Å². The highest BCUT2D eigenvalue weighted by Gasteiger charge is 2.16. The minimum absolute atomic E-state index is 0.0101. The van der Waals surface area contributed by atoms with E-state index in [-0.39, 0.29) is 5.57 Å². The van der Waals surface area contributed by atoms with Gasteiger partial charge in [0.05, 0.1) is 11.4 Å². The fourth-order valence-corrected chi connectivity index (χ4v) is 1.83. The molecule has 0 saturated carbocycles. The summed E-state index contributed by atoms with van der Waals surface area (Å²) in [6, 6.07) is 7.38. The molecule has 1 heterocycles. The molecule has 23 heavy (non-hydrogen) atoms. The van der Waals surface area contributed by atoms with Gasteiger partial charge in [-0.3, -0.25) is 0 Å². The summed E-state index contributed by atoms with van der Waals surface area (Å²) >= 11 is 0. The fraction of sp³-hybridized carbons (Fsp3) is 0.438. The molecule has 0 atom stereocenters. The normalized spacial score (nSPS) is 10.2. The minimum Gasteiger partial charge on any atom is -0.444 e. The predicted octanol–water partition coefficient (Wildman–Crippen LogP) is 1.90. The molecule has 122 valence electrons. The minimum atomic E-state index is -0.555. The number of carbonyl (C=O) groups excluding carboxylic acids is 1. The van der Waals surface area contributed by atoms with Gasteiger partial charge in [0.15, 0.2) is 5.57 Å². The predicted molar refractivity (Wildman–Crippen MR) is 85.8 cm³/mol. The van der Waals surface area contributed by atoms with Crippen molar-refractivity contribution in [1.29, 1.82) is 10.5 Å². The van der Waals surface area contributed by atoms with Crippen molar-refractivity contribution in [1.82, 2.24) is 15.2 Å². The number of rotatable bonds is 5. The SMILES string of the molecule is Cn1cccc1C(NCCNC(=O)OC(C)(C)C)=C(C#N)C#N. The van der Waals surface area contributed by atoms with Crippen molar-refractivity contribution in [3.63, 3.8) is 0 Å². The van der Waals surface area contributed by atoms with Crippen LogP contribution in [-0.4, -0.2) is 29.4 Å². The Morgan fingerprint density at radius 1 is 1.26 bits per heavy atom. The van der Waals surface area contributed by atoms with E-state index in [2.05, 4.69) is 10.6 Å². The molecule has 0 aliphatic heterocycles. The molecule has 1 amide bonds. The molecule has 2 N–H and O–H groups in total. The lowest BCUT2D eigenvalue weighted by molar-refractivity contribution is 0.0529. The first-order valence-electron chi connectivity index (χ1n) is 7.15. The van der Waals surface area contributed by atoms with Crippen LogP contribution in [0, 0.1) is 22.7 Å². The van der Waals surface area contributed by atoms with Gasteiger partial charge in [-0.05, 0) is 32.9 Å². The molecular formula is C16H21N5O2. The van der Waals surface area contributed by atoms with Gasteiger partial charge >= 0.3 is 6.09 Å². The maximum atomic E-state index is 11.6. The molecule has 0 spiro atoms. The van der Waals surface area contributed by atoms with Crippen molar-refractivity contribution in [2.45, 2.75) is 26.4 Å². The van der Waals surface area contributed by atoms with Crippen molar-refractivity contribution in [3.8, 4) is 12.1 Å². The van der Waals surface area contributed by atoms with E-state index >= 15 is 0 Å². The van der Waals surface area contributed by atoms with E-state index in [1.807, 2.05) is 31.4 Å². The average Bonchev–Trinajstić information content (AvgIpc) is 2.86. The second-order valence-corrected chi connectivity index (χ2v) is 5.83. The van der Waals surface area contributed by atoms with E-state index in [0.717, 1.165) is 5.69 Å². The summed E-state index contributed by atoms with van der Waals surface area (Å²) in [7, 11) is 1.82. The summed E-state index contributed by atoms with van der Waals surface area (Å²) in [5.41, 5.74) is 0.596. The number of nitriles is 2. The van der Waals surface area contributed by atoms with E-state index in [9.17, 15) is 4.79 Å². The van der Waals surface area contributed by atoms with E-state index in [1.54, 1.807) is 31.4 Å². The van der Waals surface area contributed by atoms with Crippen LogP contribution in [0.15, 0.2) is 23.9 Å². The first-order chi connectivity index (χ1) is 10.8. The van der Waals surface area contributed by atoms with Gasteiger partial charge in [0, 0.05) is 26.3 Å². The molecule has 0 saturated heterocycles. The maximum absolute atomic E-state index is 11.6. The summed E-state index contributed by atoms with van der Waals surface area (Å²) in [5.74, 6) is 0. The van der Waals surface area contributed by atoms with Gasteiger partial charge in [-0.2, -0.15) is 10.5 Å². The van der Waals surface area contributed by atoms with Gasteiger partial charge in [0.2, 0.25) is 0 Å². The number of allylic oxidation sites excluding steroid dienone is 1. The Hall–Kier alpha value is -2.93. The lowest BCUT2D eigenvalue weighted by atomic mass is 10.2. The number of nitrogens with one attached hydrogen (secondary N) is 2. The highest BCUT2D eigenvalue weighted by molar-refractivity contribution is 5.72. The third kappa shape index (κ3) is 5.76. The van der Waals surface area contributed by atoms with Gasteiger partial charge < -0.3 is 19.9 Å². The molecule has 7 nitrogen and oxygen atoms in total. The van der Waals surface area contributed by atoms with Gasteiger partial charge in [0.25, 0.3) is 0 Å². The molecule has 0 radical (unpaired) electrons. The summed E-state index contributed by atoms with van der Waals surface area (Å²) in [5, 5.41) is 23.8. The Labute approximate surface area is 136 Å². The third-order valence-electron chi connectivity index (χ3n) is 2.77. The van der Waals surface area contributed by atoms with Crippen molar-refractivity contribution in [3.05, 3.63) is 29.6 Å². The fourth-order valence-electron chi connectivity index (χ4n) is 1.83. The van der Waals surface area contributed by atoms with Crippen LogP contribution in [0.25, 0.3) is 5.70 Å².